The van der Waals surface area contributed by atoms with Crippen molar-refractivity contribution in [3.8, 4) is 0 Å². The molecule has 2 heterocycles. The first-order chi connectivity index (χ1) is 12.4. The van der Waals surface area contributed by atoms with Gasteiger partial charge in [0.15, 0.2) is 0 Å². The van der Waals surface area contributed by atoms with Gasteiger partial charge in [-0.05, 0) is 63.4 Å². The van der Waals surface area contributed by atoms with Crippen LogP contribution in [0.4, 0.5) is 0 Å². The van der Waals surface area contributed by atoms with Crippen LogP contribution in [-0.2, 0) is 14.8 Å². The maximum atomic E-state index is 12.5. The Morgan fingerprint density at radius 3 is 2.65 bits per heavy atom. The number of aryl methyl sites for hydroxylation is 2. The van der Waals surface area contributed by atoms with Gasteiger partial charge in [0.2, 0.25) is 15.9 Å². The van der Waals surface area contributed by atoms with E-state index in [4.69, 9.17) is 0 Å². The Labute approximate surface area is 156 Å². The third-order valence-corrected chi connectivity index (χ3v) is 7.04. The number of carbonyl (C=O) groups excluding carboxylic acids is 1. The second-order valence-corrected chi connectivity index (χ2v) is 9.18. The van der Waals surface area contributed by atoms with Crippen molar-refractivity contribution in [3.63, 3.8) is 0 Å². The van der Waals surface area contributed by atoms with E-state index in [0.717, 1.165) is 38.2 Å². The summed E-state index contributed by atoms with van der Waals surface area (Å²) in [5.74, 6) is 0.0374. The van der Waals surface area contributed by atoms with Crippen LogP contribution < -0.4 is 4.72 Å². The van der Waals surface area contributed by atoms with Gasteiger partial charge in [-0.1, -0.05) is 12.1 Å². The number of likely N-dealkylation sites (tertiary alicyclic amines) is 2. The van der Waals surface area contributed by atoms with Crippen LogP contribution in [0.5, 0.6) is 0 Å². The second-order valence-electron chi connectivity index (χ2n) is 7.44. The maximum Gasteiger partial charge on any atom is 0.240 e. The third kappa shape index (κ3) is 4.45. The molecule has 2 saturated heterocycles. The van der Waals surface area contributed by atoms with Gasteiger partial charge in [0.1, 0.15) is 0 Å². The van der Waals surface area contributed by atoms with E-state index in [1.807, 2.05) is 17.9 Å². The van der Waals surface area contributed by atoms with Crippen LogP contribution in [0.1, 0.15) is 36.8 Å². The van der Waals surface area contributed by atoms with E-state index in [1.165, 1.54) is 12.8 Å². The predicted molar refractivity (Wildman–Crippen MR) is 102 cm³/mol. The van der Waals surface area contributed by atoms with Crippen molar-refractivity contribution in [1.82, 2.24) is 14.5 Å². The van der Waals surface area contributed by atoms with Crippen LogP contribution in [0.2, 0.25) is 0 Å². The van der Waals surface area contributed by atoms with Gasteiger partial charge in [0, 0.05) is 32.1 Å². The summed E-state index contributed by atoms with van der Waals surface area (Å²) in [6.07, 6.45) is 3.74. The Balaban J connectivity index is 1.50. The largest absolute Gasteiger partial charge is 0.341 e. The number of hydrogen-bond donors (Lipinski definition) is 1. The number of benzene rings is 1. The Hall–Kier alpha value is -1.44. The van der Waals surface area contributed by atoms with Gasteiger partial charge in [0.25, 0.3) is 0 Å². The van der Waals surface area contributed by atoms with Gasteiger partial charge in [0.05, 0.1) is 4.90 Å². The Morgan fingerprint density at radius 2 is 1.92 bits per heavy atom. The number of hydrogen-bond acceptors (Lipinski definition) is 4. The highest BCUT2D eigenvalue weighted by Crippen LogP contribution is 2.21. The average molecular weight is 380 g/mol. The fourth-order valence-corrected chi connectivity index (χ4v) is 5.26. The molecule has 1 aromatic carbocycles. The maximum absolute atomic E-state index is 12.5. The molecule has 1 unspecified atom stereocenters. The second kappa shape index (κ2) is 8.06. The smallest absolute Gasteiger partial charge is 0.240 e. The van der Waals surface area contributed by atoms with Crippen molar-refractivity contribution in [2.24, 2.45) is 0 Å². The van der Waals surface area contributed by atoms with E-state index >= 15 is 0 Å². The van der Waals surface area contributed by atoms with Crippen LogP contribution in [0.3, 0.4) is 0 Å². The molecule has 2 aliphatic rings. The lowest BCUT2D eigenvalue weighted by Gasteiger charge is -2.23. The van der Waals surface area contributed by atoms with Gasteiger partial charge < -0.3 is 4.90 Å². The first-order valence-electron chi connectivity index (χ1n) is 9.45. The van der Waals surface area contributed by atoms with Crippen LogP contribution >= 0.6 is 0 Å². The molecule has 0 saturated carbocycles. The van der Waals surface area contributed by atoms with Crippen molar-refractivity contribution in [1.29, 1.82) is 0 Å². The van der Waals surface area contributed by atoms with Crippen LogP contribution in [0, 0.1) is 13.8 Å². The van der Waals surface area contributed by atoms with Gasteiger partial charge >= 0.3 is 0 Å². The van der Waals surface area contributed by atoms with Crippen LogP contribution in [-0.4, -0.2) is 62.9 Å². The lowest BCUT2D eigenvalue weighted by atomic mass is 10.2. The summed E-state index contributed by atoms with van der Waals surface area (Å²) >= 11 is 0. The molecule has 0 radical (unpaired) electrons. The topological polar surface area (TPSA) is 69.7 Å². The highest BCUT2D eigenvalue weighted by Gasteiger charge is 2.31. The minimum absolute atomic E-state index is 0.0374. The lowest BCUT2D eigenvalue weighted by molar-refractivity contribution is -0.130. The molecule has 1 aromatic rings. The van der Waals surface area contributed by atoms with Crippen LogP contribution in [0.25, 0.3) is 0 Å². The molecule has 1 amide bonds. The summed E-state index contributed by atoms with van der Waals surface area (Å²) < 4.78 is 27.6. The lowest BCUT2D eigenvalue weighted by Crippen LogP contribution is -2.38. The number of rotatable bonds is 6. The number of nitrogens with zero attached hydrogens (tertiary/aromatic N) is 2. The van der Waals surface area contributed by atoms with Gasteiger partial charge in [-0.2, -0.15) is 0 Å². The zero-order valence-corrected chi connectivity index (χ0v) is 16.5. The average Bonchev–Trinajstić information content (AvgIpc) is 3.27. The molecule has 7 heteroatoms. The zero-order chi connectivity index (χ0) is 18.7. The summed E-state index contributed by atoms with van der Waals surface area (Å²) in [6.45, 7) is 7.63. The molecule has 0 aliphatic carbocycles. The van der Waals surface area contributed by atoms with Crippen molar-refractivity contribution in [3.05, 3.63) is 29.3 Å². The summed E-state index contributed by atoms with van der Waals surface area (Å²) in [6, 6.07) is 5.84. The molecule has 6 nitrogen and oxygen atoms in total. The number of sulfonamides is 1. The molecular weight excluding hydrogens is 350 g/mol. The van der Waals surface area contributed by atoms with E-state index in [1.54, 1.807) is 19.1 Å². The summed E-state index contributed by atoms with van der Waals surface area (Å²) in [5, 5.41) is 0. The summed E-state index contributed by atoms with van der Waals surface area (Å²) in [5.41, 5.74) is 1.61. The Morgan fingerprint density at radius 1 is 1.19 bits per heavy atom. The first-order valence-corrected chi connectivity index (χ1v) is 10.9. The van der Waals surface area contributed by atoms with Crippen molar-refractivity contribution in [2.75, 3.05) is 32.7 Å². The highest BCUT2D eigenvalue weighted by atomic mass is 32.2. The van der Waals surface area contributed by atoms with E-state index in [-0.39, 0.29) is 18.9 Å². The number of amides is 1. The zero-order valence-electron chi connectivity index (χ0n) is 15.7. The highest BCUT2D eigenvalue weighted by molar-refractivity contribution is 7.89. The van der Waals surface area contributed by atoms with Gasteiger partial charge in [-0.15, -0.1) is 0 Å². The van der Waals surface area contributed by atoms with E-state index in [9.17, 15) is 13.2 Å². The SMILES string of the molecule is Cc1ccc(C)c(S(=O)(=O)NCCC(=O)N2CCC(N3CCCC3)C2)c1. The van der Waals surface area contributed by atoms with E-state index in [2.05, 4.69) is 9.62 Å². The monoisotopic (exact) mass is 379 g/mol. The molecule has 0 spiro atoms. The number of carbonyl (C=O) groups is 1. The Bertz CT molecular complexity index is 757. The molecule has 26 heavy (non-hydrogen) atoms. The molecule has 0 bridgehead atoms. The molecule has 3 rings (SSSR count). The normalized spacial score (nSPS) is 21.5. The molecule has 2 fully saturated rings. The predicted octanol–water partition coefficient (Wildman–Crippen LogP) is 1.67. The third-order valence-electron chi connectivity index (χ3n) is 5.44. The van der Waals surface area contributed by atoms with Gasteiger partial charge in [-0.3, -0.25) is 9.69 Å². The summed E-state index contributed by atoms with van der Waals surface area (Å²) in [7, 11) is -3.59. The quantitative estimate of drug-likeness (QED) is 0.816. The van der Waals surface area contributed by atoms with Crippen molar-refractivity contribution >= 4 is 15.9 Å². The fraction of sp³-hybridized carbons (Fsp3) is 0.632. The Kier molecular flexibility index (Phi) is 5.99. The van der Waals surface area contributed by atoms with Crippen molar-refractivity contribution in [2.45, 2.75) is 50.5 Å². The fourth-order valence-electron chi connectivity index (χ4n) is 3.90. The standard InChI is InChI=1S/C19H29N3O3S/c1-15-5-6-16(2)18(13-15)26(24,25)20-9-7-19(23)22-12-8-17(14-22)21-10-3-4-11-21/h5-6,13,17,20H,3-4,7-12,14H2,1-2H3. The molecule has 2 aliphatic heterocycles. The molecule has 1 atom stereocenters. The number of nitrogens with one attached hydrogen (secondary N) is 1. The first kappa shape index (κ1) is 19.3. The molecule has 144 valence electrons. The van der Waals surface area contributed by atoms with Crippen LogP contribution in [0.15, 0.2) is 23.1 Å². The minimum atomic E-state index is -3.59. The van der Waals surface area contributed by atoms with E-state index in [0.29, 0.717) is 16.5 Å². The molecular formula is C19H29N3O3S. The summed E-state index contributed by atoms with van der Waals surface area (Å²) in [4.78, 5) is 17.1. The molecule has 0 aromatic heterocycles. The minimum Gasteiger partial charge on any atom is -0.341 e. The van der Waals surface area contributed by atoms with Gasteiger partial charge in [-0.25, -0.2) is 13.1 Å². The van der Waals surface area contributed by atoms with E-state index < -0.39 is 10.0 Å². The van der Waals surface area contributed by atoms with Crippen molar-refractivity contribution < 1.29 is 13.2 Å². The molecule has 1 N–H and O–H groups in total.